The zero-order chi connectivity index (χ0) is 30.5. The second-order valence-corrected chi connectivity index (χ2v) is 11.8. The van der Waals surface area contributed by atoms with Crippen LogP contribution in [0.25, 0.3) is 87.7 Å². The predicted molar refractivity (Wildman–Crippen MR) is 194 cm³/mol. The monoisotopic (exact) mass is 584 g/mol. The van der Waals surface area contributed by atoms with Gasteiger partial charge in [-0.2, -0.15) is 0 Å². The molecule has 0 unspecified atom stereocenters. The Balaban J connectivity index is 1.33. The fourth-order valence-corrected chi connectivity index (χ4v) is 7.16. The molecule has 2 aromatic heterocycles. The number of fused-ring (bicyclic) bond motifs is 4. The Hall–Kier alpha value is -6.12. The molecule has 0 saturated carbocycles. The van der Waals surface area contributed by atoms with Crippen molar-refractivity contribution in [3.8, 4) is 44.6 Å². The van der Waals surface area contributed by atoms with Gasteiger partial charge in [-0.05, 0) is 77.7 Å². The third kappa shape index (κ3) is 4.19. The molecule has 46 heavy (non-hydrogen) atoms. The highest BCUT2D eigenvalue weighted by Crippen LogP contribution is 2.48. The van der Waals surface area contributed by atoms with Gasteiger partial charge in [0.1, 0.15) is 0 Å². The molecular formula is C44H28N2. The van der Waals surface area contributed by atoms with Gasteiger partial charge in [-0.1, -0.05) is 140 Å². The van der Waals surface area contributed by atoms with Gasteiger partial charge in [0.25, 0.3) is 0 Å². The molecule has 9 rings (SSSR count). The van der Waals surface area contributed by atoms with Gasteiger partial charge >= 0.3 is 0 Å². The summed E-state index contributed by atoms with van der Waals surface area (Å²) in [5.74, 6) is 0. The minimum atomic E-state index is 1.01. The third-order valence-corrected chi connectivity index (χ3v) is 9.20. The quantitative estimate of drug-likeness (QED) is 0.192. The second-order valence-electron chi connectivity index (χ2n) is 11.8. The Labute approximate surface area is 267 Å². The van der Waals surface area contributed by atoms with E-state index in [9.17, 15) is 0 Å². The Morgan fingerprint density at radius 3 is 1.54 bits per heavy atom. The van der Waals surface area contributed by atoms with Crippen molar-refractivity contribution in [1.82, 2.24) is 9.97 Å². The summed E-state index contributed by atoms with van der Waals surface area (Å²) in [5.41, 5.74) is 9.34. The summed E-state index contributed by atoms with van der Waals surface area (Å²) in [4.78, 5) is 9.27. The van der Waals surface area contributed by atoms with Gasteiger partial charge in [-0.3, -0.25) is 9.97 Å². The molecule has 214 valence electrons. The van der Waals surface area contributed by atoms with Crippen LogP contribution in [0, 0.1) is 0 Å². The highest BCUT2D eigenvalue weighted by molar-refractivity contribution is 6.25. The van der Waals surface area contributed by atoms with Crippen molar-refractivity contribution in [1.29, 1.82) is 0 Å². The largest absolute Gasteiger partial charge is 0.264 e. The van der Waals surface area contributed by atoms with Crippen molar-refractivity contribution >= 4 is 43.1 Å². The molecule has 0 aliphatic rings. The number of aromatic nitrogens is 2. The first-order valence-corrected chi connectivity index (χ1v) is 15.7. The van der Waals surface area contributed by atoms with Gasteiger partial charge in [0.2, 0.25) is 0 Å². The lowest BCUT2D eigenvalue weighted by molar-refractivity contribution is 1.33. The van der Waals surface area contributed by atoms with Crippen LogP contribution in [-0.4, -0.2) is 9.97 Å². The van der Waals surface area contributed by atoms with Crippen LogP contribution in [0.1, 0.15) is 0 Å². The van der Waals surface area contributed by atoms with E-state index in [1.165, 1.54) is 65.5 Å². The van der Waals surface area contributed by atoms with Gasteiger partial charge in [-0.15, -0.1) is 0 Å². The SMILES string of the molecule is c1cncc(-c2ccc3ccccc3c2-c2c3ccccc3c(-c3ccc(-c4nccc5ccccc45)cc3)c3ccccc23)c1. The standard InChI is InChI=1S/C44H28N2/c1-3-13-34-29(10-1)23-24-35(33-12-9-26-45-28-33)42(34)43-39-17-7-5-15-37(39)41(38-16-6-8-18-40(38)43)31-19-21-32(22-20-31)44-36-14-4-2-11-30(36)25-27-46-44/h1-28H. The van der Waals surface area contributed by atoms with E-state index >= 15 is 0 Å². The molecule has 7 aromatic carbocycles. The molecule has 0 saturated heterocycles. The smallest absolute Gasteiger partial charge is 0.0780 e. The molecule has 0 fully saturated rings. The first-order chi connectivity index (χ1) is 22.8. The lowest BCUT2D eigenvalue weighted by Gasteiger charge is -2.21. The van der Waals surface area contributed by atoms with E-state index in [0.717, 1.165) is 22.2 Å². The van der Waals surface area contributed by atoms with E-state index in [-0.39, 0.29) is 0 Å². The van der Waals surface area contributed by atoms with E-state index in [4.69, 9.17) is 4.98 Å². The first-order valence-electron chi connectivity index (χ1n) is 15.7. The Morgan fingerprint density at radius 2 is 0.891 bits per heavy atom. The molecule has 9 aromatic rings. The zero-order valence-electron chi connectivity index (χ0n) is 25.1. The van der Waals surface area contributed by atoms with Crippen LogP contribution in [0.3, 0.4) is 0 Å². The summed E-state index contributed by atoms with van der Waals surface area (Å²) in [6.07, 6.45) is 5.71. The Kier molecular flexibility index (Phi) is 6.17. The maximum Gasteiger partial charge on any atom is 0.0780 e. The highest BCUT2D eigenvalue weighted by atomic mass is 14.7. The van der Waals surface area contributed by atoms with Crippen molar-refractivity contribution in [2.45, 2.75) is 0 Å². The van der Waals surface area contributed by atoms with Gasteiger partial charge < -0.3 is 0 Å². The molecular weight excluding hydrogens is 556 g/mol. The number of rotatable bonds is 4. The predicted octanol–water partition coefficient (Wildman–Crippen LogP) is 11.8. The molecule has 0 bridgehead atoms. The lowest BCUT2D eigenvalue weighted by atomic mass is 9.82. The molecule has 0 aliphatic heterocycles. The van der Waals surface area contributed by atoms with Gasteiger partial charge in [0, 0.05) is 35.1 Å². The fraction of sp³-hybridized carbons (Fsp3) is 0. The third-order valence-electron chi connectivity index (χ3n) is 9.20. The van der Waals surface area contributed by atoms with Crippen molar-refractivity contribution < 1.29 is 0 Å². The van der Waals surface area contributed by atoms with Crippen LogP contribution >= 0.6 is 0 Å². The van der Waals surface area contributed by atoms with Crippen molar-refractivity contribution in [3.05, 3.63) is 170 Å². The number of hydrogen-bond donors (Lipinski definition) is 0. The molecule has 0 spiro atoms. The molecule has 2 heterocycles. The maximum absolute atomic E-state index is 4.78. The molecule has 0 amide bonds. The van der Waals surface area contributed by atoms with Crippen LogP contribution in [0.5, 0.6) is 0 Å². The minimum Gasteiger partial charge on any atom is -0.264 e. The summed E-state index contributed by atoms with van der Waals surface area (Å²) in [5, 5.41) is 9.75. The van der Waals surface area contributed by atoms with Crippen LogP contribution < -0.4 is 0 Å². The van der Waals surface area contributed by atoms with Gasteiger partial charge in [0.05, 0.1) is 5.69 Å². The molecule has 0 atom stereocenters. The van der Waals surface area contributed by atoms with Gasteiger partial charge in [0.15, 0.2) is 0 Å². The first kappa shape index (κ1) is 26.3. The Morgan fingerprint density at radius 1 is 0.326 bits per heavy atom. The van der Waals surface area contributed by atoms with Crippen molar-refractivity contribution in [2.75, 3.05) is 0 Å². The number of hydrogen-bond acceptors (Lipinski definition) is 2. The maximum atomic E-state index is 4.78. The lowest BCUT2D eigenvalue weighted by Crippen LogP contribution is -1.94. The van der Waals surface area contributed by atoms with Gasteiger partial charge in [-0.25, -0.2) is 0 Å². The molecule has 0 radical (unpaired) electrons. The molecule has 2 heteroatoms. The topological polar surface area (TPSA) is 25.8 Å². The Bertz CT molecular complexity index is 2500. The van der Waals surface area contributed by atoms with E-state index in [1.54, 1.807) is 0 Å². The normalized spacial score (nSPS) is 11.5. The van der Waals surface area contributed by atoms with Crippen LogP contribution in [0.4, 0.5) is 0 Å². The summed E-state index contributed by atoms with van der Waals surface area (Å²) < 4.78 is 0. The average molecular weight is 585 g/mol. The van der Waals surface area contributed by atoms with Crippen molar-refractivity contribution in [3.63, 3.8) is 0 Å². The molecule has 0 N–H and O–H groups in total. The van der Waals surface area contributed by atoms with Crippen LogP contribution in [-0.2, 0) is 0 Å². The molecule has 0 aliphatic carbocycles. The van der Waals surface area contributed by atoms with Crippen LogP contribution in [0.15, 0.2) is 170 Å². The van der Waals surface area contributed by atoms with Crippen molar-refractivity contribution in [2.24, 2.45) is 0 Å². The average Bonchev–Trinajstić information content (AvgIpc) is 3.14. The number of nitrogens with zero attached hydrogens (tertiary/aromatic N) is 2. The number of pyridine rings is 2. The summed E-state index contributed by atoms with van der Waals surface area (Å²) >= 11 is 0. The highest BCUT2D eigenvalue weighted by Gasteiger charge is 2.21. The zero-order valence-corrected chi connectivity index (χ0v) is 25.1. The van der Waals surface area contributed by atoms with E-state index in [2.05, 4.69) is 151 Å². The summed E-state index contributed by atoms with van der Waals surface area (Å²) in [7, 11) is 0. The second kappa shape index (κ2) is 10.8. The fourth-order valence-electron chi connectivity index (χ4n) is 7.16. The summed E-state index contributed by atoms with van der Waals surface area (Å²) in [6.45, 7) is 0. The van der Waals surface area contributed by atoms with E-state index < -0.39 is 0 Å². The van der Waals surface area contributed by atoms with E-state index in [0.29, 0.717) is 0 Å². The minimum absolute atomic E-state index is 1.01. The summed E-state index contributed by atoms with van der Waals surface area (Å²) in [6, 6.07) is 54.6. The van der Waals surface area contributed by atoms with Crippen LogP contribution in [0.2, 0.25) is 0 Å². The number of benzene rings is 7. The molecule has 2 nitrogen and oxygen atoms in total. The van der Waals surface area contributed by atoms with E-state index in [1.807, 2.05) is 24.7 Å².